The Balaban J connectivity index is 1.79. The van der Waals surface area contributed by atoms with Gasteiger partial charge in [0.2, 0.25) is 5.91 Å². The predicted octanol–water partition coefficient (Wildman–Crippen LogP) is 3.05. The van der Waals surface area contributed by atoms with Gasteiger partial charge in [0.15, 0.2) is 0 Å². The molecule has 0 spiro atoms. The number of amides is 1. The number of carboxylic acids is 1. The lowest BCUT2D eigenvalue weighted by Crippen LogP contribution is -2.41. The number of hydrogen-bond acceptors (Lipinski definition) is 4. The molecule has 0 aliphatic rings. The number of carbonyl (C=O) groups excluding carboxylic acids is 1. The normalized spacial score (nSPS) is 11.6. The van der Waals surface area contributed by atoms with Gasteiger partial charge in [-0.15, -0.1) is 0 Å². The molecule has 0 radical (unpaired) electrons. The van der Waals surface area contributed by atoms with Crippen LogP contribution < -0.4 is 15.4 Å². The summed E-state index contributed by atoms with van der Waals surface area (Å²) in [4.78, 5) is 23.0. The molecule has 3 N–H and O–H groups in total. The lowest BCUT2D eigenvalue weighted by Gasteiger charge is -2.13. The summed E-state index contributed by atoms with van der Waals surface area (Å²) < 4.78 is 5.69. The minimum atomic E-state index is -0.945. The Morgan fingerprint density at radius 3 is 2.38 bits per heavy atom. The maximum atomic E-state index is 11.9. The fraction of sp³-hybridized carbons (Fsp3) is 0.300. The molecule has 1 unspecified atom stereocenters. The van der Waals surface area contributed by atoms with Crippen molar-refractivity contribution >= 4 is 17.6 Å². The molecule has 0 fully saturated rings. The molecule has 138 valence electrons. The Morgan fingerprint density at radius 1 is 1.08 bits per heavy atom. The number of rotatable bonds is 10. The van der Waals surface area contributed by atoms with Crippen LogP contribution >= 0.6 is 0 Å². The van der Waals surface area contributed by atoms with Crippen molar-refractivity contribution in [2.75, 3.05) is 11.9 Å². The summed E-state index contributed by atoms with van der Waals surface area (Å²) in [5.41, 5.74) is 1.71. The van der Waals surface area contributed by atoms with E-state index in [1.165, 1.54) is 0 Å². The van der Waals surface area contributed by atoms with Crippen LogP contribution in [0.4, 0.5) is 5.69 Å². The van der Waals surface area contributed by atoms with E-state index in [0.717, 1.165) is 12.0 Å². The van der Waals surface area contributed by atoms with Crippen LogP contribution in [-0.2, 0) is 16.2 Å². The molecule has 0 heterocycles. The van der Waals surface area contributed by atoms with Gasteiger partial charge in [-0.3, -0.25) is 14.9 Å². The third-order valence-electron chi connectivity index (χ3n) is 3.77. The van der Waals surface area contributed by atoms with E-state index in [0.29, 0.717) is 24.5 Å². The molecule has 0 aliphatic carbocycles. The second kappa shape index (κ2) is 10.2. The predicted molar refractivity (Wildman–Crippen MR) is 100 cm³/mol. The smallest absolute Gasteiger partial charge is 0.320 e. The number of aliphatic carboxylic acids is 1. The maximum Gasteiger partial charge on any atom is 0.320 e. The van der Waals surface area contributed by atoms with Gasteiger partial charge < -0.3 is 15.2 Å². The highest BCUT2D eigenvalue weighted by atomic mass is 16.5. The van der Waals surface area contributed by atoms with Gasteiger partial charge >= 0.3 is 5.97 Å². The first-order chi connectivity index (χ1) is 12.6. The summed E-state index contributed by atoms with van der Waals surface area (Å²) >= 11 is 0. The summed E-state index contributed by atoms with van der Waals surface area (Å²) in [6.07, 6.45) is 1.21. The first-order valence-corrected chi connectivity index (χ1v) is 8.61. The second-order valence-corrected chi connectivity index (χ2v) is 5.91. The van der Waals surface area contributed by atoms with Crippen molar-refractivity contribution in [1.29, 1.82) is 0 Å². The van der Waals surface area contributed by atoms with Crippen LogP contribution in [0.15, 0.2) is 54.6 Å². The van der Waals surface area contributed by atoms with Crippen LogP contribution in [-0.4, -0.2) is 29.6 Å². The molecule has 26 heavy (non-hydrogen) atoms. The molecule has 0 aromatic heterocycles. The molecular weight excluding hydrogens is 332 g/mol. The molecule has 0 saturated carbocycles. The third kappa shape index (κ3) is 6.57. The molecule has 2 aromatic rings. The zero-order valence-corrected chi connectivity index (χ0v) is 14.8. The molecule has 1 amide bonds. The van der Waals surface area contributed by atoms with Gasteiger partial charge in [0, 0.05) is 5.69 Å². The van der Waals surface area contributed by atoms with Crippen LogP contribution in [0.5, 0.6) is 5.75 Å². The van der Waals surface area contributed by atoms with E-state index in [-0.39, 0.29) is 12.5 Å². The van der Waals surface area contributed by atoms with E-state index in [9.17, 15) is 9.59 Å². The fourth-order valence-electron chi connectivity index (χ4n) is 2.40. The quantitative estimate of drug-likeness (QED) is 0.609. The van der Waals surface area contributed by atoms with Crippen molar-refractivity contribution in [3.63, 3.8) is 0 Å². The number of nitrogens with one attached hydrogen (secondary N) is 2. The highest BCUT2D eigenvalue weighted by Gasteiger charge is 2.16. The van der Waals surface area contributed by atoms with Crippen LogP contribution in [0.1, 0.15) is 25.3 Å². The van der Waals surface area contributed by atoms with E-state index < -0.39 is 12.0 Å². The lowest BCUT2D eigenvalue weighted by atomic mass is 10.2. The minimum Gasteiger partial charge on any atom is -0.489 e. The highest BCUT2D eigenvalue weighted by molar-refractivity contribution is 5.92. The highest BCUT2D eigenvalue weighted by Crippen LogP contribution is 2.17. The van der Waals surface area contributed by atoms with Gasteiger partial charge in [0.05, 0.1) is 6.54 Å². The molecule has 2 aromatic carbocycles. The van der Waals surface area contributed by atoms with Crippen molar-refractivity contribution in [3.05, 3.63) is 60.2 Å². The molecule has 2 rings (SSSR count). The zero-order valence-electron chi connectivity index (χ0n) is 14.8. The second-order valence-electron chi connectivity index (χ2n) is 5.91. The third-order valence-corrected chi connectivity index (χ3v) is 3.77. The first-order valence-electron chi connectivity index (χ1n) is 8.61. The molecule has 0 aliphatic heterocycles. The van der Waals surface area contributed by atoms with Gasteiger partial charge in [-0.05, 0) is 36.2 Å². The monoisotopic (exact) mass is 356 g/mol. The molecule has 6 heteroatoms. The minimum absolute atomic E-state index is 0.0524. The fourth-order valence-corrected chi connectivity index (χ4v) is 2.40. The molecular formula is C20H24N2O4. The standard InChI is InChI=1S/C20H24N2O4/c1-2-6-18(20(24)25)21-13-19(23)22-16-9-11-17(12-10-16)26-14-15-7-4-3-5-8-15/h3-5,7-12,18,21H,2,6,13-14H2,1H3,(H,22,23)(H,24,25). The van der Waals surface area contributed by atoms with Crippen molar-refractivity contribution in [1.82, 2.24) is 5.32 Å². The number of carboxylic acid groups (broad SMARTS) is 1. The van der Waals surface area contributed by atoms with Gasteiger partial charge in [-0.1, -0.05) is 43.7 Å². The Labute approximate surface area is 153 Å². The van der Waals surface area contributed by atoms with Crippen molar-refractivity contribution in [2.24, 2.45) is 0 Å². The van der Waals surface area contributed by atoms with Gasteiger partial charge in [-0.25, -0.2) is 0 Å². The van der Waals surface area contributed by atoms with Crippen LogP contribution in [0.25, 0.3) is 0 Å². The summed E-state index contributed by atoms with van der Waals surface area (Å²) in [5, 5.41) is 14.5. The summed E-state index contributed by atoms with van der Waals surface area (Å²) in [6.45, 7) is 2.33. The maximum absolute atomic E-state index is 11.9. The summed E-state index contributed by atoms with van der Waals surface area (Å²) in [5.74, 6) is -0.524. The Hall–Kier alpha value is -2.86. The number of anilines is 1. The van der Waals surface area contributed by atoms with Crippen molar-refractivity contribution in [3.8, 4) is 5.75 Å². The Kier molecular flexibility index (Phi) is 7.64. The topological polar surface area (TPSA) is 87.7 Å². The average Bonchev–Trinajstić information content (AvgIpc) is 2.65. The van der Waals surface area contributed by atoms with Gasteiger partial charge in [0.1, 0.15) is 18.4 Å². The van der Waals surface area contributed by atoms with E-state index in [4.69, 9.17) is 9.84 Å². The Morgan fingerprint density at radius 2 is 1.77 bits per heavy atom. The zero-order chi connectivity index (χ0) is 18.8. The van der Waals surface area contributed by atoms with Crippen LogP contribution in [0.3, 0.4) is 0 Å². The summed E-state index contributed by atoms with van der Waals surface area (Å²) in [7, 11) is 0. The lowest BCUT2D eigenvalue weighted by molar-refractivity contribution is -0.139. The van der Waals surface area contributed by atoms with Crippen molar-refractivity contribution < 1.29 is 19.4 Å². The average molecular weight is 356 g/mol. The van der Waals surface area contributed by atoms with Crippen molar-refractivity contribution in [2.45, 2.75) is 32.4 Å². The van der Waals surface area contributed by atoms with E-state index >= 15 is 0 Å². The molecule has 1 atom stereocenters. The molecule has 0 bridgehead atoms. The number of ether oxygens (including phenoxy) is 1. The number of benzene rings is 2. The number of hydrogen-bond donors (Lipinski definition) is 3. The summed E-state index contributed by atoms with van der Waals surface area (Å²) in [6, 6.07) is 16.2. The largest absolute Gasteiger partial charge is 0.489 e. The molecule has 6 nitrogen and oxygen atoms in total. The van der Waals surface area contributed by atoms with Crippen LogP contribution in [0.2, 0.25) is 0 Å². The van der Waals surface area contributed by atoms with E-state index in [1.807, 2.05) is 37.3 Å². The molecule has 0 saturated heterocycles. The van der Waals surface area contributed by atoms with E-state index in [2.05, 4.69) is 10.6 Å². The SMILES string of the molecule is CCCC(NCC(=O)Nc1ccc(OCc2ccccc2)cc1)C(=O)O. The van der Waals surface area contributed by atoms with Crippen LogP contribution in [0, 0.1) is 0 Å². The van der Waals surface area contributed by atoms with E-state index in [1.54, 1.807) is 24.3 Å². The first kappa shape index (κ1) is 19.5. The Bertz CT molecular complexity index is 702. The number of carbonyl (C=O) groups is 2. The van der Waals surface area contributed by atoms with Gasteiger partial charge in [-0.2, -0.15) is 0 Å². The van der Waals surface area contributed by atoms with Gasteiger partial charge in [0.25, 0.3) is 0 Å².